The van der Waals surface area contributed by atoms with Crippen LogP contribution in [0, 0.1) is 5.82 Å². The summed E-state index contributed by atoms with van der Waals surface area (Å²) in [5, 5.41) is 7.97. The van der Waals surface area contributed by atoms with Gasteiger partial charge in [-0.15, -0.1) is 0 Å². The Kier molecular flexibility index (Phi) is 4.99. The maximum Gasteiger partial charge on any atom is 0.272 e. The number of aromatic nitrogens is 4. The number of carbonyl (C=O) groups excluding carboxylic acids is 1. The lowest BCUT2D eigenvalue weighted by atomic mass is 10.0. The largest absolute Gasteiger partial charge is 0.345 e. The molecule has 4 heterocycles. The van der Waals surface area contributed by atoms with Crippen LogP contribution in [0.25, 0.3) is 22.0 Å². The van der Waals surface area contributed by atoms with Gasteiger partial charge in [-0.3, -0.25) is 14.3 Å². The van der Waals surface area contributed by atoms with Crippen molar-refractivity contribution in [2.45, 2.75) is 13.0 Å². The third-order valence-corrected chi connectivity index (χ3v) is 6.55. The Morgan fingerprint density at radius 2 is 1.92 bits per heavy atom. The predicted molar refractivity (Wildman–Crippen MR) is 137 cm³/mol. The SMILES string of the molecule is Cn1cc(CC(=O)Nc2ccc3c(c2)-c2cn(C)c4c(=O)[nH]cc(c24)CN3c2ccc(F)cc2)cn1. The van der Waals surface area contributed by atoms with Crippen molar-refractivity contribution in [1.82, 2.24) is 19.3 Å². The fourth-order valence-corrected chi connectivity index (χ4v) is 4.97. The number of carbonyl (C=O) groups is 1. The van der Waals surface area contributed by atoms with Gasteiger partial charge in [-0.25, -0.2) is 4.39 Å². The lowest BCUT2D eigenvalue weighted by Crippen LogP contribution is -2.18. The number of anilines is 3. The quantitative estimate of drug-likeness (QED) is 0.401. The Morgan fingerprint density at radius 3 is 2.67 bits per heavy atom. The fraction of sp³-hybridized carbons (Fsp3) is 0.148. The zero-order chi connectivity index (χ0) is 25.0. The lowest BCUT2D eigenvalue weighted by Gasteiger charge is -2.26. The summed E-state index contributed by atoms with van der Waals surface area (Å²) in [6.45, 7) is 0.482. The molecule has 0 aliphatic carbocycles. The molecular formula is C27H23FN6O2. The predicted octanol–water partition coefficient (Wildman–Crippen LogP) is 4.24. The number of halogens is 1. The highest BCUT2D eigenvalue weighted by Crippen LogP contribution is 2.44. The highest BCUT2D eigenvalue weighted by molar-refractivity contribution is 6.04. The summed E-state index contributed by atoms with van der Waals surface area (Å²) >= 11 is 0. The summed E-state index contributed by atoms with van der Waals surface area (Å²) in [6.07, 6.45) is 7.38. The molecule has 1 aliphatic heterocycles. The van der Waals surface area contributed by atoms with Gasteiger partial charge in [-0.2, -0.15) is 5.10 Å². The minimum Gasteiger partial charge on any atom is -0.345 e. The number of aryl methyl sites for hydroxylation is 2. The van der Waals surface area contributed by atoms with Crippen LogP contribution >= 0.6 is 0 Å². The molecule has 5 aromatic rings. The van der Waals surface area contributed by atoms with E-state index in [1.807, 2.05) is 49.3 Å². The van der Waals surface area contributed by atoms with E-state index in [1.54, 1.807) is 29.2 Å². The summed E-state index contributed by atoms with van der Waals surface area (Å²) in [5.41, 5.74) is 6.31. The van der Waals surface area contributed by atoms with Gasteiger partial charge in [0.15, 0.2) is 0 Å². The summed E-state index contributed by atoms with van der Waals surface area (Å²) < 4.78 is 17.2. The Morgan fingerprint density at radius 1 is 1.11 bits per heavy atom. The third kappa shape index (κ3) is 3.65. The topological polar surface area (TPSA) is 87.9 Å². The molecule has 1 amide bonds. The molecule has 3 aromatic heterocycles. The number of pyridine rings is 1. The number of hydrogen-bond donors (Lipinski definition) is 2. The number of H-pyrrole nitrogens is 1. The number of aromatic amines is 1. The zero-order valence-corrected chi connectivity index (χ0v) is 19.7. The van der Waals surface area contributed by atoms with Crippen molar-refractivity contribution in [3.05, 3.63) is 94.5 Å². The van der Waals surface area contributed by atoms with E-state index in [0.717, 1.165) is 39.0 Å². The number of amides is 1. The van der Waals surface area contributed by atoms with E-state index < -0.39 is 0 Å². The number of nitrogens with one attached hydrogen (secondary N) is 2. The summed E-state index contributed by atoms with van der Waals surface area (Å²) in [4.78, 5) is 30.4. The lowest BCUT2D eigenvalue weighted by molar-refractivity contribution is -0.115. The van der Waals surface area contributed by atoms with Crippen LogP contribution in [0.15, 0.2) is 72.0 Å². The Hall–Kier alpha value is -4.66. The minimum absolute atomic E-state index is 0.151. The van der Waals surface area contributed by atoms with E-state index in [2.05, 4.69) is 20.3 Å². The zero-order valence-electron chi connectivity index (χ0n) is 19.7. The van der Waals surface area contributed by atoms with Crippen molar-refractivity contribution in [2.75, 3.05) is 10.2 Å². The van der Waals surface area contributed by atoms with Gasteiger partial charge in [0.25, 0.3) is 5.56 Å². The molecule has 2 aromatic carbocycles. The first kappa shape index (κ1) is 21.8. The fourth-order valence-electron chi connectivity index (χ4n) is 4.97. The number of rotatable bonds is 4. The number of hydrogen-bond acceptors (Lipinski definition) is 4. The molecule has 2 N–H and O–H groups in total. The van der Waals surface area contributed by atoms with Crippen LogP contribution in [0.5, 0.6) is 0 Å². The second kappa shape index (κ2) is 8.23. The van der Waals surface area contributed by atoms with Gasteiger partial charge in [0, 0.05) is 66.3 Å². The van der Waals surface area contributed by atoms with Gasteiger partial charge in [0.2, 0.25) is 5.91 Å². The molecule has 0 bridgehead atoms. The monoisotopic (exact) mass is 482 g/mol. The maximum atomic E-state index is 13.7. The van der Waals surface area contributed by atoms with Gasteiger partial charge in [-0.05, 0) is 53.6 Å². The molecule has 0 saturated heterocycles. The summed E-state index contributed by atoms with van der Waals surface area (Å²) in [6, 6.07) is 12.1. The second-order valence-corrected chi connectivity index (χ2v) is 9.06. The van der Waals surface area contributed by atoms with Gasteiger partial charge in [0.1, 0.15) is 11.3 Å². The Labute approximate surface area is 205 Å². The molecule has 180 valence electrons. The Bertz CT molecular complexity index is 1700. The molecule has 0 saturated carbocycles. The first-order chi connectivity index (χ1) is 17.4. The molecule has 0 radical (unpaired) electrons. The molecule has 9 heteroatoms. The van der Waals surface area contributed by atoms with Crippen LogP contribution in [-0.2, 0) is 31.9 Å². The number of benzene rings is 2. The van der Waals surface area contributed by atoms with Crippen molar-refractivity contribution >= 4 is 33.9 Å². The van der Waals surface area contributed by atoms with E-state index in [1.165, 1.54) is 12.1 Å². The molecule has 0 spiro atoms. The van der Waals surface area contributed by atoms with Crippen LogP contribution in [0.1, 0.15) is 11.1 Å². The van der Waals surface area contributed by atoms with Crippen LogP contribution in [0.3, 0.4) is 0 Å². The molecule has 8 nitrogen and oxygen atoms in total. The van der Waals surface area contributed by atoms with Gasteiger partial charge >= 0.3 is 0 Å². The molecule has 0 unspecified atom stereocenters. The third-order valence-electron chi connectivity index (χ3n) is 6.55. The molecule has 36 heavy (non-hydrogen) atoms. The van der Waals surface area contributed by atoms with E-state index >= 15 is 0 Å². The van der Waals surface area contributed by atoms with Gasteiger partial charge in [-0.1, -0.05) is 0 Å². The molecular weight excluding hydrogens is 459 g/mol. The second-order valence-electron chi connectivity index (χ2n) is 9.06. The van der Waals surface area contributed by atoms with E-state index in [4.69, 9.17) is 0 Å². The molecule has 6 rings (SSSR count). The Balaban J connectivity index is 1.48. The normalized spacial score (nSPS) is 12.5. The first-order valence-corrected chi connectivity index (χ1v) is 11.5. The first-order valence-electron chi connectivity index (χ1n) is 11.5. The van der Waals surface area contributed by atoms with Crippen LogP contribution in [-0.4, -0.2) is 25.2 Å². The van der Waals surface area contributed by atoms with Crippen LogP contribution < -0.4 is 15.8 Å². The highest BCUT2D eigenvalue weighted by Gasteiger charge is 2.26. The summed E-state index contributed by atoms with van der Waals surface area (Å²) in [5.74, 6) is -0.460. The van der Waals surface area contributed by atoms with Crippen molar-refractivity contribution in [1.29, 1.82) is 0 Å². The van der Waals surface area contributed by atoms with Crippen molar-refractivity contribution in [3.63, 3.8) is 0 Å². The average Bonchev–Trinajstić information content (AvgIpc) is 3.39. The number of nitrogens with zero attached hydrogens (tertiary/aromatic N) is 4. The highest BCUT2D eigenvalue weighted by atomic mass is 19.1. The molecule has 0 fully saturated rings. The minimum atomic E-state index is -0.309. The molecule has 0 atom stereocenters. The van der Waals surface area contributed by atoms with Crippen LogP contribution in [0.4, 0.5) is 21.5 Å². The summed E-state index contributed by atoms with van der Waals surface area (Å²) in [7, 11) is 3.66. The van der Waals surface area contributed by atoms with Gasteiger partial charge in [0.05, 0.1) is 19.2 Å². The maximum absolute atomic E-state index is 13.7. The van der Waals surface area contributed by atoms with Crippen LogP contribution in [0.2, 0.25) is 0 Å². The van der Waals surface area contributed by atoms with Crippen molar-refractivity contribution in [3.8, 4) is 11.1 Å². The van der Waals surface area contributed by atoms with E-state index in [-0.39, 0.29) is 23.7 Å². The van der Waals surface area contributed by atoms with E-state index in [0.29, 0.717) is 17.7 Å². The average molecular weight is 483 g/mol. The van der Waals surface area contributed by atoms with Crippen molar-refractivity contribution in [2.24, 2.45) is 14.1 Å². The van der Waals surface area contributed by atoms with E-state index in [9.17, 15) is 14.0 Å². The standard InChI is InChI=1S/C27H23FN6O2/c1-32-15-22-21-10-19(31-24(35)9-16-11-30-33(2)13-16)5-8-23(21)34(20-6-3-18(28)4-7-20)14-17-12-29-27(36)26(32)25(17)22/h3-8,10-13,15H,9,14H2,1-2H3,(H,29,36)(H,31,35). The smallest absolute Gasteiger partial charge is 0.272 e. The molecule has 1 aliphatic rings. The van der Waals surface area contributed by atoms with Gasteiger partial charge < -0.3 is 19.8 Å². The van der Waals surface area contributed by atoms with Crippen molar-refractivity contribution < 1.29 is 9.18 Å². The number of fused-ring (bicyclic) bond motifs is 2.